The molecule has 31 heavy (non-hydrogen) atoms. The van der Waals surface area contributed by atoms with Crippen molar-refractivity contribution in [2.75, 3.05) is 14.2 Å². The van der Waals surface area contributed by atoms with Crippen molar-refractivity contribution in [1.82, 2.24) is 0 Å². The zero-order chi connectivity index (χ0) is 22.1. The van der Waals surface area contributed by atoms with Crippen LogP contribution in [0.1, 0.15) is 35.3 Å². The van der Waals surface area contributed by atoms with E-state index in [1.807, 2.05) is 26.0 Å². The van der Waals surface area contributed by atoms with E-state index < -0.39 is 29.4 Å². The van der Waals surface area contributed by atoms with E-state index in [2.05, 4.69) is 0 Å². The molecule has 0 saturated carbocycles. The van der Waals surface area contributed by atoms with Crippen LogP contribution < -0.4 is 23.7 Å². The number of carbonyl (C=O) groups excluding carboxylic acids is 1. The highest BCUT2D eigenvalue weighted by atomic mass is 16.6. The van der Waals surface area contributed by atoms with Gasteiger partial charge in [0, 0.05) is 11.6 Å². The number of benzene rings is 2. The molecule has 162 valence electrons. The van der Waals surface area contributed by atoms with E-state index in [9.17, 15) is 15.0 Å². The minimum Gasteiger partial charge on any atom is -0.493 e. The van der Waals surface area contributed by atoms with Gasteiger partial charge in [-0.1, -0.05) is 0 Å². The highest BCUT2D eigenvalue weighted by Crippen LogP contribution is 2.52. The predicted octanol–water partition coefficient (Wildman–Crippen LogP) is 2.43. The average molecular weight is 426 g/mol. The Hall–Kier alpha value is -3.23. The third-order valence-electron chi connectivity index (χ3n) is 5.83. The van der Waals surface area contributed by atoms with Crippen LogP contribution in [0.25, 0.3) is 6.08 Å². The highest BCUT2D eigenvalue weighted by Gasteiger charge is 2.60. The Kier molecular flexibility index (Phi) is 4.06. The van der Waals surface area contributed by atoms with Crippen molar-refractivity contribution in [2.24, 2.45) is 0 Å². The summed E-state index contributed by atoms with van der Waals surface area (Å²) >= 11 is 0. The van der Waals surface area contributed by atoms with Crippen LogP contribution in [0.4, 0.5) is 0 Å². The van der Waals surface area contributed by atoms with Crippen LogP contribution in [0.2, 0.25) is 0 Å². The molecule has 0 aromatic heterocycles. The summed E-state index contributed by atoms with van der Waals surface area (Å²) in [6, 6.07) is 6.15. The molecule has 0 aliphatic carbocycles. The number of hydrogen-bond donors (Lipinski definition) is 2. The summed E-state index contributed by atoms with van der Waals surface area (Å²) in [4.78, 5) is 13.6. The summed E-state index contributed by atoms with van der Waals surface area (Å²) in [5.41, 5.74) is -1.82. The molecule has 3 aliphatic heterocycles. The number of aliphatic hydroxyl groups is 2. The molecule has 0 amide bonds. The van der Waals surface area contributed by atoms with Crippen molar-refractivity contribution in [3.05, 3.63) is 47.0 Å². The Morgan fingerprint density at radius 3 is 2.45 bits per heavy atom. The zero-order valence-electron chi connectivity index (χ0n) is 17.5. The van der Waals surface area contributed by atoms with Crippen molar-refractivity contribution < 1.29 is 38.7 Å². The van der Waals surface area contributed by atoms with Crippen LogP contribution in [0.15, 0.2) is 30.3 Å². The number of Topliss-reactive ketones (excluding diaryl/α,β-unsaturated/α-hetero) is 1. The van der Waals surface area contributed by atoms with Crippen molar-refractivity contribution in [3.8, 4) is 28.7 Å². The zero-order valence-corrected chi connectivity index (χ0v) is 17.5. The van der Waals surface area contributed by atoms with E-state index >= 15 is 0 Å². The Bertz CT molecular complexity index is 1130. The van der Waals surface area contributed by atoms with Gasteiger partial charge in [-0.2, -0.15) is 0 Å². The maximum Gasteiger partial charge on any atom is 0.238 e. The fraction of sp³-hybridized carbons (Fsp3) is 0.348. The maximum atomic E-state index is 13.6. The Labute approximate surface area is 178 Å². The Morgan fingerprint density at radius 2 is 1.74 bits per heavy atom. The van der Waals surface area contributed by atoms with Crippen molar-refractivity contribution >= 4 is 11.9 Å². The van der Waals surface area contributed by atoms with Crippen LogP contribution in [-0.4, -0.2) is 48.2 Å². The number of ether oxygens (including phenoxy) is 5. The van der Waals surface area contributed by atoms with Gasteiger partial charge in [0.05, 0.1) is 25.3 Å². The molecular formula is C23H22O8. The maximum absolute atomic E-state index is 13.6. The van der Waals surface area contributed by atoms with Gasteiger partial charge in [-0.05, 0) is 44.2 Å². The molecule has 5 rings (SSSR count). The molecule has 2 aromatic rings. The first-order valence-corrected chi connectivity index (χ1v) is 9.80. The number of fused-ring (bicyclic) bond motifs is 6. The van der Waals surface area contributed by atoms with Gasteiger partial charge in [-0.3, -0.25) is 4.79 Å². The molecule has 8 heteroatoms. The highest BCUT2D eigenvalue weighted by molar-refractivity contribution is 6.08. The molecule has 2 N–H and O–H groups in total. The largest absolute Gasteiger partial charge is 0.493 e. The number of aliphatic hydroxyl groups excluding tert-OH is 1. The summed E-state index contributed by atoms with van der Waals surface area (Å²) in [6.45, 7) is 3.82. The molecule has 0 saturated heterocycles. The van der Waals surface area contributed by atoms with Crippen molar-refractivity contribution in [1.29, 1.82) is 0 Å². The van der Waals surface area contributed by atoms with Crippen LogP contribution in [0, 0.1) is 0 Å². The van der Waals surface area contributed by atoms with Gasteiger partial charge in [0.25, 0.3) is 0 Å². The van der Waals surface area contributed by atoms with E-state index in [1.54, 1.807) is 12.1 Å². The number of carbonyl (C=O) groups is 1. The first-order valence-electron chi connectivity index (χ1n) is 9.80. The van der Waals surface area contributed by atoms with E-state index in [1.165, 1.54) is 26.4 Å². The average Bonchev–Trinajstić information content (AvgIpc) is 2.73. The van der Waals surface area contributed by atoms with E-state index in [4.69, 9.17) is 23.7 Å². The predicted molar refractivity (Wildman–Crippen MR) is 109 cm³/mol. The van der Waals surface area contributed by atoms with Gasteiger partial charge < -0.3 is 33.9 Å². The van der Waals surface area contributed by atoms with Gasteiger partial charge >= 0.3 is 0 Å². The smallest absolute Gasteiger partial charge is 0.238 e. The molecule has 3 heterocycles. The van der Waals surface area contributed by atoms with Gasteiger partial charge in [0.1, 0.15) is 22.8 Å². The monoisotopic (exact) mass is 426 g/mol. The van der Waals surface area contributed by atoms with Crippen LogP contribution in [0.3, 0.4) is 0 Å². The Morgan fingerprint density at radius 1 is 1.03 bits per heavy atom. The second-order valence-corrected chi connectivity index (χ2v) is 8.24. The molecule has 0 radical (unpaired) electrons. The van der Waals surface area contributed by atoms with Gasteiger partial charge in [0.15, 0.2) is 17.1 Å². The van der Waals surface area contributed by atoms with Gasteiger partial charge in [-0.15, -0.1) is 0 Å². The number of ketones is 1. The minimum atomic E-state index is -2.19. The number of methoxy groups -OCH3 is 2. The SMILES string of the molecule is COc1cc2c(cc1OC)[C@]1(O)C(=O)c3ccc4c(c3O[C@@H]1[C@H](O)O2)C=CC(C)(C)O4. The summed E-state index contributed by atoms with van der Waals surface area (Å²) < 4.78 is 28.1. The Balaban J connectivity index is 1.70. The molecule has 0 bridgehead atoms. The fourth-order valence-corrected chi connectivity index (χ4v) is 4.27. The molecule has 8 nitrogen and oxygen atoms in total. The topological polar surface area (TPSA) is 104 Å². The third kappa shape index (κ3) is 2.65. The second-order valence-electron chi connectivity index (χ2n) is 8.24. The van der Waals surface area contributed by atoms with E-state index in [0.717, 1.165) is 0 Å². The van der Waals surface area contributed by atoms with Crippen LogP contribution in [0.5, 0.6) is 28.7 Å². The van der Waals surface area contributed by atoms with Crippen molar-refractivity contribution in [2.45, 2.75) is 37.4 Å². The lowest BCUT2D eigenvalue weighted by molar-refractivity contribution is -0.179. The van der Waals surface area contributed by atoms with E-state index in [0.29, 0.717) is 22.8 Å². The van der Waals surface area contributed by atoms with Gasteiger partial charge in [-0.25, -0.2) is 0 Å². The lowest BCUT2D eigenvalue weighted by atomic mass is 9.76. The molecule has 3 aliphatic rings. The molecule has 0 spiro atoms. The molecule has 3 atom stereocenters. The lowest BCUT2D eigenvalue weighted by Gasteiger charge is -2.45. The third-order valence-corrected chi connectivity index (χ3v) is 5.83. The normalized spacial score (nSPS) is 26.8. The number of rotatable bonds is 2. The molecule has 0 unspecified atom stereocenters. The van der Waals surface area contributed by atoms with Gasteiger partial charge in [0.2, 0.25) is 18.2 Å². The summed E-state index contributed by atoms with van der Waals surface area (Å²) in [5, 5.41) is 22.3. The minimum absolute atomic E-state index is 0.104. The quantitative estimate of drug-likeness (QED) is 0.755. The second kappa shape index (κ2) is 6.38. The van der Waals surface area contributed by atoms with Crippen LogP contribution in [-0.2, 0) is 5.60 Å². The van der Waals surface area contributed by atoms with Crippen LogP contribution >= 0.6 is 0 Å². The first kappa shape index (κ1) is 19.7. The molecule has 2 aromatic carbocycles. The summed E-state index contributed by atoms with van der Waals surface area (Å²) in [6.07, 6.45) is 0.666. The molecular weight excluding hydrogens is 404 g/mol. The first-order chi connectivity index (χ1) is 14.7. The molecule has 0 fully saturated rings. The van der Waals surface area contributed by atoms with E-state index in [-0.39, 0.29) is 22.6 Å². The fourth-order valence-electron chi connectivity index (χ4n) is 4.27. The number of hydrogen-bond acceptors (Lipinski definition) is 8. The summed E-state index contributed by atoms with van der Waals surface area (Å²) in [7, 11) is 2.89. The summed E-state index contributed by atoms with van der Waals surface area (Å²) in [5.74, 6) is 0.899. The lowest BCUT2D eigenvalue weighted by Crippen LogP contribution is -2.61. The van der Waals surface area contributed by atoms with Crippen molar-refractivity contribution in [3.63, 3.8) is 0 Å². The standard InChI is InChI=1S/C23H22O8/c1-22(2)8-7-11-14(31-22)6-5-12-18(11)30-20-21(25)29-15-10-17(28-4)16(27-3)9-13(15)23(20,26)19(12)24/h5-10,20-21,25-26H,1-4H3/t20-,21-,23+/m1/s1.